The monoisotopic (exact) mass is 1300 g/mol. The summed E-state index contributed by atoms with van der Waals surface area (Å²) in [6, 6.07) is -8.80. The minimum absolute atomic E-state index is 0.0227. The molecule has 35 nitrogen and oxygen atoms in total. The molecular formula is C57H88N18O17. The quantitative estimate of drug-likeness (QED) is 0.0171. The highest BCUT2D eigenvalue weighted by Gasteiger charge is 2.45. The van der Waals surface area contributed by atoms with Crippen LogP contribution in [-0.2, 0) is 73.5 Å². The van der Waals surface area contributed by atoms with Gasteiger partial charge in [0.15, 0.2) is 5.96 Å². The molecule has 0 unspecified atom stereocenters. The number of primary amides is 2. The Hall–Kier alpha value is -9.51. The first-order valence-electron chi connectivity index (χ1n) is 30.1. The van der Waals surface area contributed by atoms with E-state index in [-0.39, 0.29) is 76.5 Å². The van der Waals surface area contributed by atoms with Crippen molar-refractivity contribution in [1.29, 1.82) is 0 Å². The Morgan fingerprint density at radius 3 is 1.86 bits per heavy atom. The summed E-state index contributed by atoms with van der Waals surface area (Å²) in [4.78, 5) is 195. The van der Waals surface area contributed by atoms with Crippen LogP contribution in [-0.4, -0.2) is 224 Å². The predicted octanol–water partition coefficient (Wildman–Crippen LogP) is -7.25. The lowest BCUT2D eigenvalue weighted by Crippen LogP contribution is -2.62. The van der Waals surface area contributed by atoms with Crippen LogP contribution in [0.25, 0.3) is 10.9 Å². The highest BCUT2D eigenvalue weighted by atomic mass is 16.4. The molecule has 508 valence electrons. The van der Waals surface area contributed by atoms with Gasteiger partial charge in [-0.3, -0.25) is 67.3 Å². The molecule has 0 saturated carbocycles. The lowest BCUT2D eigenvalue weighted by atomic mass is 9.98. The van der Waals surface area contributed by atoms with Gasteiger partial charge in [0.2, 0.25) is 76.8 Å². The van der Waals surface area contributed by atoms with Crippen molar-refractivity contribution in [3.05, 3.63) is 36.0 Å². The molecule has 0 radical (unpaired) electrons. The van der Waals surface area contributed by atoms with Crippen LogP contribution in [0.2, 0.25) is 0 Å². The van der Waals surface area contributed by atoms with Crippen molar-refractivity contribution in [2.24, 2.45) is 39.6 Å². The van der Waals surface area contributed by atoms with Crippen molar-refractivity contribution in [2.45, 2.75) is 178 Å². The predicted molar refractivity (Wildman–Crippen MR) is 327 cm³/mol. The highest BCUT2D eigenvalue weighted by molar-refractivity contribution is 6.00. The molecule has 4 rings (SSSR count). The number of carboxylic acids is 1. The van der Waals surface area contributed by atoms with Crippen molar-refractivity contribution in [1.82, 2.24) is 62.6 Å². The molecule has 2 saturated heterocycles. The van der Waals surface area contributed by atoms with Gasteiger partial charge in [-0.2, -0.15) is 0 Å². The number of aromatic amines is 1. The van der Waals surface area contributed by atoms with E-state index in [1.807, 2.05) is 6.92 Å². The Balaban J connectivity index is 1.42. The van der Waals surface area contributed by atoms with Crippen molar-refractivity contribution >= 4 is 99.6 Å². The Bertz CT molecular complexity index is 3050. The number of carbonyl (C=O) groups is 14. The fourth-order valence-electron chi connectivity index (χ4n) is 10.2. The van der Waals surface area contributed by atoms with Gasteiger partial charge in [0.1, 0.15) is 60.4 Å². The second-order valence-corrected chi connectivity index (χ2v) is 22.8. The van der Waals surface area contributed by atoms with Gasteiger partial charge in [0.25, 0.3) is 0 Å². The number of aliphatic imine (C=N–C) groups is 1. The first-order valence-corrected chi connectivity index (χ1v) is 30.1. The van der Waals surface area contributed by atoms with Crippen LogP contribution in [0, 0.1) is 5.92 Å². The van der Waals surface area contributed by atoms with E-state index in [0.717, 1.165) is 4.90 Å². The number of aliphatic carboxylic acids is 1. The maximum Gasteiger partial charge on any atom is 0.326 e. The van der Waals surface area contributed by atoms with Crippen LogP contribution < -0.4 is 76.5 Å². The number of para-hydroxylation sites is 1. The van der Waals surface area contributed by atoms with E-state index in [1.165, 1.54) is 25.7 Å². The molecule has 2 aromatic rings. The molecule has 92 heavy (non-hydrogen) atoms. The molecule has 1 aromatic carbocycles. The van der Waals surface area contributed by atoms with Gasteiger partial charge in [-0.25, -0.2) is 4.79 Å². The number of benzene rings is 1. The van der Waals surface area contributed by atoms with Gasteiger partial charge in [-0.15, -0.1) is 0 Å². The topological polar surface area (TPSA) is 573 Å². The summed E-state index contributed by atoms with van der Waals surface area (Å²) < 4.78 is 0. The number of carbonyl (C=O) groups excluding carboxylic acids is 13. The molecule has 1 aromatic heterocycles. The first-order chi connectivity index (χ1) is 43.4. The highest BCUT2D eigenvalue weighted by Crippen LogP contribution is 2.27. The van der Waals surface area contributed by atoms with Gasteiger partial charge in [-0.1, -0.05) is 38.5 Å². The zero-order valence-electron chi connectivity index (χ0n) is 52.0. The maximum atomic E-state index is 14.4. The van der Waals surface area contributed by atoms with E-state index >= 15 is 0 Å². The average Bonchev–Trinajstić information content (AvgIpc) is 1.99. The van der Waals surface area contributed by atoms with Gasteiger partial charge in [0.05, 0.1) is 31.7 Å². The molecule has 2 aliphatic heterocycles. The zero-order valence-corrected chi connectivity index (χ0v) is 52.0. The molecule has 2 aliphatic rings. The lowest BCUT2D eigenvalue weighted by Gasteiger charge is -2.33. The van der Waals surface area contributed by atoms with Gasteiger partial charge >= 0.3 is 5.97 Å². The number of nitrogens with one attached hydrogen (secondary N) is 10. The number of guanidine groups is 1. The summed E-state index contributed by atoms with van der Waals surface area (Å²) in [5, 5.41) is 52.8. The van der Waals surface area contributed by atoms with Gasteiger partial charge in [0, 0.05) is 49.6 Å². The number of carboxylic acid groups (broad SMARTS) is 1. The Labute approximate surface area is 529 Å². The minimum atomic E-state index is -1.85. The van der Waals surface area contributed by atoms with E-state index in [9.17, 15) is 82.4 Å². The van der Waals surface area contributed by atoms with E-state index in [4.69, 9.17) is 28.7 Å². The molecule has 23 N–H and O–H groups in total. The largest absolute Gasteiger partial charge is 0.480 e. The number of nitrogens with two attached hydrogens (primary N) is 5. The summed E-state index contributed by atoms with van der Waals surface area (Å²) in [5.41, 5.74) is 28.7. The number of rotatable bonds is 36. The molecule has 0 bridgehead atoms. The van der Waals surface area contributed by atoms with E-state index in [2.05, 4.69) is 57.8 Å². The van der Waals surface area contributed by atoms with Crippen LogP contribution in [0.1, 0.15) is 104 Å². The normalized spacial score (nSPS) is 18.0. The van der Waals surface area contributed by atoms with E-state index in [1.54, 1.807) is 37.4 Å². The van der Waals surface area contributed by atoms with Crippen molar-refractivity contribution in [2.75, 3.05) is 32.8 Å². The summed E-state index contributed by atoms with van der Waals surface area (Å²) in [7, 11) is 0. The second-order valence-electron chi connectivity index (χ2n) is 22.8. The van der Waals surface area contributed by atoms with Crippen LogP contribution in [0.15, 0.2) is 35.5 Å². The smallest absolute Gasteiger partial charge is 0.326 e. The van der Waals surface area contributed by atoms with Crippen molar-refractivity contribution in [3.8, 4) is 0 Å². The number of fused-ring (bicyclic) bond motifs is 1. The number of aliphatic hydroxyl groups is 2. The Kier molecular flexibility index (Phi) is 29.1. The average molecular weight is 1300 g/mol. The van der Waals surface area contributed by atoms with Crippen LogP contribution in [0.3, 0.4) is 0 Å². The van der Waals surface area contributed by atoms with E-state index in [0.29, 0.717) is 29.3 Å². The number of H-pyrrole nitrogens is 1. The van der Waals surface area contributed by atoms with Crippen LogP contribution >= 0.6 is 0 Å². The standard InChI is InChI=1S/C57H88N18O17/c1-6-27(2)44(60)52(87)73-45(30(5)77)53(88)70-36(22-31-24-64-33-13-8-7-12-32(31)33)49(84)72-38(26-76)50(85)71-37(23-42(59)79)54(89)75-21-11-16-40(75)55(90)74-20-10-15-39(74)51(86)67-29(4)47(82)68-34(17-18-41(58)78)48(83)65-25-43(80)66-28(3)46(81)69-35(56(91)92)14-9-19-63-57(61)62/h7-8,12-13,24,27-30,34-40,44-45,64,76-77H,6,9-11,14-23,25-26,60H2,1-5H3,(H2,58,78)(H2,59,79)(H,65,83)(H,66,80)(H,67,86)(H,68,82)(H,69,81)(H,70,88)(H,71,85)(H,72,84)(H,73,87)(H,91,92)(H4,61,62,63)/t27-,28-,29-,30+,34-,35-,36-,37-,38-,39-,40-,44-,45-/m0/s1. The Morgan fingerprint density at radius 2 is 1.25 bits per heavy atom. The minimum Gasteiger partial charge on any atom is -0.480 e. The van der Waals surface area contributed by atoms with Gasteiger partial charge in [-0.05, 0) is 83.3 Å². The zero-order chi connectivity index (χ0) is 68.7. The van der Waals surface area contributed by atoms with Crippen molar-refractivity contribution in [3.63, 3.8) is 0 Å². The molecule has 0 aliphatic carbocycles. The summed E-state index contributed by atoms with van der Waals surface area (Å²) in [5.74, 6) is -13.9. The molecule has 13 amide bonds. The second kappa shape index (κ2) is 35.8. The summed E-state index contributed by atoms with van der Waals surface area (Å²) in [6.45, 7) is 5.50. The number of nitrogens with zero attached hydrogens (tertiary/aromatic N) is 3. The first kappa shape index (κ1) is 75.0. The molecule has 0 spiro atoms. The number of hydrogen-bond acceptors (Lipinski definition) is 18. The molecule has 35 heteroatoms. The van der Waals surface area contributed by atoms with Crippen molar-refractivity contribution < 1.29 is 82.4 Å². The summed E-state index contributed by atoms with van der Waals surface area (Å²) >= 11 is 0. The maximum absolute atomic E-state index is 14.4. The third-order valence-electron chi connectivity index (χ3n) is 15.7. The molecule has 2 fully saturated rings. The van der Waals surface area contributed by atoms with E-state index < -0.39 is 181 Å². The fraction of sp³-hybridized carbons (Fsp3) is 0.596. The third kappa shape index (κ3) is 22.2. The van der Waals surface area contributed by atoms with Gasteiger partial charge < -0.3 is 107 Å². The summed E-state index contributed by atoms with van der Waals surface area (Å²) in [6.07, 6.45) is -0.356. The van der Waals surface area contributed by atoms with Crippen LogP contribution in [0.5, 0.6) is 0 Å². The van der Waals surface area contributed by atoms with Crippen LogP contribution in [0.4, 0.5) is 0 Å². The molecule has 3 heterocycles. The Morgan fingerprint density at radius 1 is 0.663 bits per heavy atom. The molecule has 13 atom stereocenters. The number of aliphatic hydroxyl groups excluding tert-OH is 2. The number of likely N-dealkylation sites (tertiary alicyclic amines) is 2. The number of amides is 13. The SMILES string of the molecule is CC[C@H](C)[C@H](N)C(=O)N[C@H](C(=O)N[C@@H](Cc1c[nH]c2ccccc12)C(=O)N[C@@H](CO)C(=O)N[C@@H](CC(N)=O)C(=O)N1CCC[C@H]1C(=O)N1CCC[C@H]1C(=O)N[C@@H](C)C(=O)N[C@@H](CCC(N)=O)C(=O)NCC(=O)N[C@@H](C)C(=O)N[C@@H](CCCN=C(N)N)C(=O)O)[C@@H](C)O. The molecular weight excluding hydrogens is 1210 g/mol. The number of aromatic nitrogens is 1. The lowest BCUT2D eigenvalue weighted by molar-refractivity contribution is -0.148. The third-order valence-corrected chi connectivity index (χ3v) is 15.7. The number of hydrogen-bond donors (Lipinski definition) is 18. The fourth-order valence-corrected chi connectivity index (χ4v) is 10.2.